The van der Waals surface area contributed by atoms with Gasteiger partial charge in [-0.1, -0.05) is 25.0 Å². The topological polar surface area (TPSA) is 55.1 Å². The number of carbonyl (C=O) groups excluding carboxylic acids is 1. The lowest BCUT2D eigenvalue weighted by Gasteiger charge is -2.06. The fourth-order valence-corrected chi connectivity index (χ4v) is 1.94. The highest BCUT2D eigenvalue weighted by molar-refractivity contribution is 5.94. The third kappa shape index (κ3) is 3.86. The molecule has 3 heteroatoms. The highest BCUT2D eigenvalue weighted by Crippen LogP contribution is 2.33. The predicted octanol–water partition coefficient (Wildman–Crippen LogP) is 2.07. The second kappa shape index (κ2) is 5.82. The van der Waals surface area contributed by atoms with Gasteiger partial charge in [0.2, 0.25) is 0 Å². The smallest absolute Gasteiger partial charge is 0.251 e. The van der Waals surface area contributed by atoms with Crippen LogP contribution in [0, 0.1) is 5.92 Å². The van der Waals surface area contributed by atoms with Crippen molar-refractivity contribution in [1.82, 2.24) is 5.32 Å². The summed E-state index contributed by atoms with van der Waals surface area (Å²) in [6.07, 6.45) is 5.11. The number of carbonyl (C=O) groups is 1. The number of amides is 1. The Morgan fingerprint density at radius 2 is 2.24 bits per heavy atom. The van der Waals surface area contributed by atoms with Gasteiger partial charge in [0.05, 0.1) is 0 Å². The van der Waals surface area contributed by atoms with Gasteiger partial charge in [-0.25, -0.2) is 0 Å². The van der Waals surface area contributed by atoms with Crippen molar-refractivity contribution in [2.24, 2.45) is 11.7 Å². The van der Waals surface area contributed by atoms with E-state index in [1.165, 1.54) is 19.3 Å². The van der Waals surface area contributed by atoms with Crippen LogP contribution in [0.3, 0.4) is 0 Å². The van der Waals surface area contributed by atoms with Crippen molar-refractivity contribution >= 4 is 5.91 Å². The molecule has 0 aromatic heterocycles. The molecule has 2 rings (SSSR count). The summed E-state index contributed by atoms with van der Waals surface area (Å²) in [4.78, 5) is 11.8. The van der Waals surface area contributed by atoms with Gasteiger partial charge >= 0.3 is 0 Å². The van der Waals surface area contributed by atoms with Crippen molar-refractivity contribution in [3.05, 3.63) is 35.4 Å². The van der Waals surface area contributed by atoms with Crippen LogP contribution in [0.2, 0.25) is 0 Å². The summed E-state index contributed by atoms with van der Waals surface area (Å²) in [6.45, 7) is 1.25. The molecule has 1 aromatic rings. The van der Waals surface area contributed by atoms with Crippen LogP contribution in [-0.4, -0.2) is 12.5 Å². The Labute approximate surface area is 102 Å². The fourth-order valence-electron chi connectivity index (χ4n) is 1.94. The second-order valence-electron chi connectivity index (χ2n) is 4.75. The minimum Gasteiger partial charge on any atom is -0.352 e. The van der Waals surface area contributed by atoms with Gasteiger partial charge in [-0.15, -0.1) is 0 Å². The van der Waals surface area contributed by atoms with E-state index in [1.807, 2.05) is 24.3 Å². The second-order valence-corrected chi connectivity index (χ2v) is 4.75. The lowest BCUT2D eigenvalue weighted by atomic mass is 10.1. The van der Waals surface area contributed by atoms with Crippen LogP contribution >= 0.6 is 0 Å². The molecule has 1 aliphatic carbocycles. The highest BCUT2D eigenvalue weighted by atomic mass is 16.1. The number of hydrogen-bond acceptors (Lipinski definition) is 2. The van der Waals surface area contributed by atoms with Crippen LogP contribution < -0.4 is 11.1 Å². The highest BCUT2D eigenvalue weighted by Gasteiger charge is 2.20. The Morgan fingerprint density at radius 3 is 2.94 bits per heavy atom. The quantitative estimate of drug-likeness (QED) is 0.738. The van der Waals surface area contributed by atoms with Crippen LogP contribution in [0.25, 0.3) is 0 Å². The standard InChI is InChI=1S/C14H20N2O/c15-10-12-3-1-5-13(9-12)14(17)16-8-2-4-11-6-7-11/h1,3,5,9,11H,2,4,6-8,10,15H2,(H,16,17). The van der Waals surface area contributed by atoms with E-state index in [9.17, 15) is 4.79 Å². The van der Waals surface area contributed by atoms with Crippen LogP contribution in [0.5, 0.6) is 0 Å². The van der Waals surface area contributed by atoms with Gasteiger partial charge in [0.25, 0.3) is 5.91 Å². The van der Waals surface area contributed by atoms with Crippen molar-refractivity contribution in [3.8, 4) is 0 Å². The van der Waals surface area contributed by atoms with Gasteiger partial charge in [0.15, 0.2) is 0 Å². The van der Waals surface area contributed by atoms with E-state index in [4.69, 9.17) is 5.73 Å². The summed E-state index contributed by atoms with van der Waals surface area (Å²) in [5.74, 6) is 0.948. The average molecular weight is 232 g/mol. The van der Waals surface area contributed by atoms with Crippen molar-refractivity contribution < 1.29 is 4.79 Å². The first-order valence-corrected chi connectivity index (χ1v) is 6.37. The molecule has 0 unspecified atom stereocenters. The van der Waals surface area contributed by atoms with E-state index in [0.717, 1.165) is 24.4 Å². The molecule has 3 nitrogen and oxygen atoms in total. The summed E-state index contributed by atoms with van der Waals surface area (Å²) in [7, 11) is 0. The molecule has 1 aromatic carbocycles. The van der Waals surface area contributed by atoms with Crippen molar-refractivity contribution in [3.63, 3.8) is 0 Å². The van der Waals surface area contributed by atoms with E-state index in [0.29, 0.717) is 12.1 Å². The maximum atomic E-state index is 11.8. The Kier molecular flexibility index (Phi) is 4.15. The van der Waals surface area contributed by atoms with Crippen molar-refractivity contribution in [1.29, 1.82) is 0 Å². The zero-order valence-corrected chi connectivity index (χ0v) is 10.1. The summed E-state index contributed by atoms with van der Waals surface area (Å²) < 4.78 is 0. The zero-order valence-electron chi connectivity index (χ0n) is 10.1. The minimum absolute atomic E-state index is 0.0103. The maximum absolute atomic E-state index is 11.8. The molecule has 1 aliphatic rings. The number of benzene rings is 1. The molecule has 92 valence electrons. The van der Waals surface area contributed by atoms with Gasteiger partial charge < -0.3 is 11.1 Å². The Bertz CT molecular complexity index is 386. The van der Waals surface area contributed by atoms with Gasteiger partial charge in [-0.2, -0.15) is 0 Å². The molecular formula is C14H20N2O. The van der Waals surface area contributed by atoms with Crippen LogP contribution in [0.4, 0.5) is 0 Å². The summed E-state index contributed by atoms with van der Waals surface area (Å²) in [6, 6.07) is 7.50. The molecule has 0 radical (unpaired) electrons. The van der Waals surface area contributed by atoms with E-state index in [-0.39, 0.29) is 5.91 Å². The van der Waals surface area contributed by atoms with Gasteiger partial charge in [-0.3, -0.25) is 4.79 Å². The molecule has 0 spiro atoms. The summed E-state index contributed by atoms with van der Waals surface area (Å²) in [5.41, 5.74) is 7.25. The maximum Gasteiger partial charge on any atom is 0.251 e. The molecule has 0 saturated heterocycles. The largest absolute Gasteiger partial charge is 0.352 e. The minimum atomic E-state index is 0.0103. The third-order valence-electron chi connectivity index (χ3n) is 3.20. The fraction of sp³-hybridized carbons (Fsp3) is 0.500. The van der Waals surface area contributed by atoms with E-state index in [2.05, 4.69) is 5.32 Å². The first-order chi connectivity index (χ1) is 8.29. The van der Waals surface area contributed by atoms with Crippen LogP contribution in [0.15, 0.2) is 24.3 Å². The van der Waals surface area contributed by atoms with Crippen LogP contribution in [-0.2, 0) is 6.54 Å². The molecule has 1 fully saturated rings. The first-order valence-electron chi connectivity index (χ1n) is 6.37. The summed E-state index contributed by atoms with van der Waals surface area (Å²) >= 11 is 0. The Hall–Kier alpha value is -1.35. The third-order valence-corrected chi connectivity index (χ3v) is 3.20. The molecule has 0 aliphatic heterocycles. The molecule has 3 N–H and O–H groups in total. The number of nitrogens with two attached hydrogens (primary N) is 1. The van der Waals surface area contributed by atoms with Gasteiger partial charge in [-0.05, 0) is 36.5 Å². The Balaban J connectivity index is 1.76. The summed E-state index contributed by atoms with van der Waals surface area (Å²) in [5, 5.41) is 2.95. The Morgan fingerprint density at radius 1 is 1.41 bits per heavy atom. The van der Waals surface area contributed by atoms with Crippen LogP contribution in [0.1, 0.15) is 41.6 Å². The number of hydrogen-bond donors (Lipinski definition) is 2. The number of rotatable bonds is 6. The van der Waals surface area contributed by atoms with Crippen molar-refractivity contribution in [2.45, 2.75) is 32.2 Å². The zero-order chi connectivity index (χ0) is 12.1. The van der Waals surface area contributed by atoms with Gasteiger partial charge in [0.1, 0.15) is 0 Å². The molecular weight excluding hydrogens is 212 g/mol. The molecule has 17 heavy (non-hydrogen) atoms. The van der Waals surface area contributed by atoms with E-state index in [1.54, 1.807) is 0 Å². The molecule has 0 heterocycles. The monoisotopic (exact) mass is 232 g/mol. The average Bonchev–Trinajstić information content (AvgIpc) is 3.18. The van der Waals surface area contributed by atoms with Gasteiger partial charge in [0, 0.05) is 18.7 Å². The SMILES string of the molecule is NCc1cccc(C(=O)NCCCC2CC2)c1. The van der Waals surface area contributed by atoms with Crippen molar-refractivity contribution in [2.75, 3.05) is 6.54 Å². The normalized spacial score (nSPS) is 14.6. The lowest BCUT2D eigenvalue weighted by molar-refractivity contribution is 0.0952. The molecule has 1 amide bonds. The molecule has 1 saturated carbocycles. The van der Waals surface area contributed by atoms with E-state index >= 15 is 0 Å². The number of nitrogens with one attached hydrogen (secondary N) is 1. The lowest BCUT2D eigenvalue weighted by Crippen LogP contribution is -2.24. The predicted molar refractivity (Wildman–Crippen MR) is 68.6 cm³/mol. The molecule has 0 atom stereocenters. The first kappa shape index (κ1) is 12.1. The molecule has 0 bridgehead atoms. The van der Waals surface area contributed by atoms with E-state index < -0.39 is 0 Å².